The summed E-state index contributed by atoms with van der Waals surface area (Å²) in [7, 11) is 0. The largest absolute Gasteiger partial charge is 0.394 e. The molecule has 0 aliphatic rings. The van der Waals surface area contributed by atoms with Crippen molar-refractivity contribution < 1.29 is 10.2 Å². The molecular formula is C12H17Cl2NO2. The van der Waals surface area contributed by atoms with Crippen LogP contribution in [0.5, 0.6) is 0 Å². The molecule has 0 unspecified atom stereocenters. The van der Waals surface area contributed by atoms with Crippen LogP contribution in [0.3, 0.4) is 0 Å². The number of nitrogens with one attached hydrogen (secondary N) is 1. The molecule has 3 N–H and O–H groups in total. The first-order valence-corrected chi connectivity index (χ1v) is 6.23. The molecule has 1 aromatic carbocycles. The van der Waals surface area contributed by atoms with Crippen LogP contribution >= 0.6 is 23.2 Å². The second-order valence-corrected chi connectivity index (χ2v) is 4.87. The molecule has 1 rings (SSSR count). The Bertz CT molecular complexity index is 359. The minimum Gasteiger partial charge on any atom is -0.394 e. The van der Waals surface area contributed by atoms with E-state index in [1.807, 2.05) is 13.0 Å². The fraction of sp³-hybridized carbons (Fsp3) is 0.500. The molecule has 0 spiro atoms. The maximum atomic E-state index is 9.28. The van der Waals surface area contributed by atoms with Crippen LogP contribution < -0.4 is 5.32 Å². The first kappa shape index (κ1) is 14.7. The Morgan fingerprint density at radius 1 is 1.18 bits per heavy atom. The van der Waals surface area contributed by atoms with Gasteiger partial charge in [0, 0.05) is 6.54 Å². The molecule has 1 aromatic rings. The van der Waals surface area contributed by atoms with Crippen molar-refractivity contribution in [1.82, 2.24) is 5.32 Å². The summed E-state index contributed by atoms with van der Waals surface area (Å²) in [6.07, 6.45) is 0.640. The van der Waals surface area contributed by atoms with Crippen molar-refractivity contribution in [2.45, 2.75) is 25.4 Å². The van der Waals surface area contributed by atoms with Crippen LogP contribution in [0, 0.1) is 0 Å². The van der Waals surface area contributed by atoms with Crippen LogP contribution in [0.1, 0.15) is 18.9 Å². The molecule has 5 heteroatoms. The van der Waals surface area contributed by atoms with Crippen LogP contribution in [-0.2, 0) is 6.54 Å². The van der Waals surface area contributed by atoms with Crippen molar-refractivity contribution in [3.8, 4) is 0 Å². The van der Waals surface area contributed by atoms with Gasteiger partial charge in [-0.25, -0.2) is 0 Å². The lowest BCUT2D eigenvalue weighted by molar-refractivity contribution is 0.0864. The Hall–Kier alpha value is -0.320. The third-order valence-electron chi connectivity index (χ3n) is 2.93. The highest BCUT2D eigenvalue weighted by Gasteiger charge is 2.25. The van der Waals surface area contributed by atoms with E-state index >= 15 is 0 Å². The van der Waals surface area contributed by atoms with E-state index in [1.165, 1.54) is 0 Å². The van der Waals surface area contributed by atoms with Crippen molar-refractivity contribution in [3.63, 3.8) is 0 Å². The fourth-order valence-electron chi connectivity index (χ4n) is 1.45. The minimum absolute atomic E-state index is 0.110. The predicted molar refractivity (Wildman–Crippen MR) is 70.5 cm³/mol. The molecule has 0 amide bonds. The van der Waals surface area contributed by atoms with Crippen LogP contribution in [0.2, 0.25) is 10.0 Å². The second kappa shape index (κ2) is 6.57. The third-order valence-corrected chi connectivity index (χ3v) is 3.67. The lowest BCUT2D eigenvalue weighted by Gasteiger charge is -2.30. The van der Waals surface area contributed by atoms with Crippen molar-refractivity contribution in [2.24, 2.45) is 0 Å². The smallest absolute Gasteiger partial charge is 0.0648 e. The van der Waals surface area contributed by atoms with Crippen LogP contribution in [0.25, 0.3) is 0 Å². The topological polar surface area (TPSA) is 52.5 Å². The Kier molecular flexibility index (Phi) is 5.70. The maximum Gasteiger partial charge on any atom is 0.0648 e. The number of aliphatic hydroxyl groups is 2. The molecule has 0 atom stereocenters. The lowest BCUT2D eigenvalue weighted by atomic mass is 9.98. The monoisotopic (exact) mass is 277 g/mol. The molecule has 0 aromatic heterocycles. The highest BCUT2D eigenvalue weighted by molar-refractivity contribution is 6.42. The number of halogens is 2. The first-order chi connectivity index (χ1) is 8.06. The summed E-state index contributed by atoms with van der Waals surface area (Å²) >= 11 is 11.7. The van der Waals surface area contributed by atoms with Gasteiger partial charge in [-0.15, -0.1) is 0 Å². The van der Waals surface area contributed by atoms with E-state index < -0.39 is 5.54 Å². The van der Waals surface area contributed by atoms with Gasteiger partial charge in [0.1, 0.15) is 0 Å². The van der Waals surface area contributed by atoms with E-state index in [4.69, 9.17) is 23.2 Å². The Morgan fingerprint density at radius 3 is 2.29 bits per heavy atom. The van der Waals surface area contributed by atoms with Gasteiger partial charge >= 0.3 is 0 Å². The summed E-state index contributed by atoms with van der Waals surface area (Å²) < 4.78 is 0. The highest BCUT2D eigenvalue weighted by atomic mass is 35.5. The minimum atomic E-state index is -0.647. The van der Waals surface area contributed by atoms with Crippen molar-refractivity contribution in [3.05, 3.63) is 33.8 Å². The van der Waals surface area contributed by atoms with E-state index in [2.05, 4.69) is 5.32 Å². The molecule has 0 aliphatic heterocycles. The van der Waals surface area contributed by atoms with E-state index in [0.717, 1.165) is 5.56 Å². The normalized spacial score (nSPS) is 11.8. The molecule has 0 radical (unpaired) electrons. The van der Waals surface area contributed by atoms with Gasteiger partial charge < -0.3 is 15.5 Å². The summed E-state index contributed by atoms with van der Waals surface area (Å²) in [6, 6.07) is 5.36. The van der Waals surface area contributed by atoms with Gasteiger partial charge in [0.2, 0.25) is 0 Å². The van der Waals surface area contributed by atoms with Gasteiger partial charge in [-0.05, 0) is 24.1 Å². The average molecular weight is 278 g/mol. The summed E-state index contributed by atoms with van der Waals surface area (Å²) in [5.74, 6) is 0. The molecule has 0 bridgehead atoms. The quantitative estimate of drug-likeness (QED) is 0.748. The zero-order valence-electron chi connectivity index (χ0n) is 9.71. The SMILES string of the molecule is CCC(CO)(CO)NCc1ccc(Cl)c(Cl)c1. The molecular weight excluding hydrogens is 261 g/mol. The van der Waals surface area contributed by atoms with Gasteiger partial charge in [0.15, 0.2) is 0 Å². The maximum absolute atomic E-state index is 9.28. The van der Waals surface area contributed by atoms with E-state index in [9.17, 15) is 10.2 Å². The highest BCUT2D eigenvalue weighted by Crippen LogP contribution is 2.23. The standard InChI is InChI=1S/C12H17Cl2NO2/c1-2-12(7-16,8-17)15-6-9-3-4-10(13)11(14)5-9/h3-5,15-17H,2,6-8H2,1H3. The van der Waals surface area contributed by atoms with E-state index in [1.54, 1.807) is 12.1 Å². The van der Waals surface area contributed by atoms with E-state index in [0.29, 0.717) is 23.0 Å². The van der Waals surface area contributed by atoms with Crippen LogP contribution in [-0.4, -0.2) is 29.0 Å². The number of hydrogen-bond donors (Lipinski definition) is 3. The average Bonchev–Trinajstić information content (AvgIpc) is 2.36. The fourth-order valence-corrected chi connectivity index (χ4v) is 1.77. The van der Waals surface area contributed by atoms with Gasteiger partial charge in [-0.1, -0.05) is 36.2 Å². The van der Waals surface area contributed by atoms with Gasteiger partial charge in [0.05, 0.1) is 28.8 Å². The summed E-state index contributed by atoms with van der Waals surface area (Å²) in [6.45, 7) is 2.21. The molecule has 0 aliphatic carbocycles. The third kappa shape index (κ3) is 3.83. The summed E-state index contributed by atoms with van der Waals surface area (Å²) in [5.41, 5.74) is 0.311. The lowest BCUT2D eigenvalue weighted by Crippen LogP contribution is -2.50. The predicted octanol–water partition coefficient (Wildman–Crippen LogP) is 2.22. The molecule has 0 heterocycles. The number of aliphatic hydroxyl groups excluding tert-OH is 2. The zero-order chi connectivity index (χ0) is 12.9. The van der Waals surface area contributed by atoms with Crippen molar-refractivity contribution in [2.75, 3.05) is 13.2 Å². The van der Waals surface area contributed by atoms with Gasteiger partial charge in [-0.3, -0.25) is 0 Å². The summed E-state index contributed by atoms with van der Waals surface area (Å²) in [5, 5.41) is 22.7. The van der Waals surface area contributed by atoms with E-state index in [-0.39, 0.29) is 13.2 Å². The Morgan fingerprint density at radius 2 is 1.82 bits per heavy atom. The Labute approximate surface area is 111 Å². The van der Waals surface area contributed by atoms with Crippen LogP contribution in [0.4, 0.5) is 0 Å². The Balaban J connectivity index is 2.68. The zero-order valence-corrected chi connectivity index (χ0v) is 11.2. The molecule has 96 valence electrons. The molecule has 0 fully saturated rings. The molecule has 3 nitrogen and oxygen atoms in total. The number of rotatable bonds is 6. The second-order valence-electron chi connectivity index (χ2n) is 4.05. The van der Waals surface area contributed by atoms with Crippen molar-refractivity contribution in [1.29, 1.82) is 0 Å². The van der Waals surface area contributed by atoms with Crippen LogP contribution in [0.15, 0.2) is 18.2 Å². The van der Waals surface area contributed by atoms with Gasteiger partial charge in [-0.2, -0.15) is 0 Å². The summed E-state index contributed by atoms with van der Waals surface area (Å²) in [4.78, 5) is 0. The van der Waals surface area contributed by atoms with Crippen molar-refractivity contribution >= 4 is 23.2 Å². The van der Waals surface area contributed by atoms with Gasteiger partial charge in [0.25, 0.3) is 0 Å². The first-order valence-electron chi connectivity index (χ1n) is 5.47. The molecule has 17 heavy (non-hydrogen) atoms. The number of hydrogen-bond acceptors (Lipinski definition) is 3. The molecule has 0 saturated carbocycles. The number of benzene rings is 1. The molecule has 0 saturated heterocycles.